The van der Waals surface area contributed by atoms with E-state index in [0.717, 1.165) is 10.8 Å². The van der Waals surface area contributed by atoms with Crippen molar-refractivity contribution in [1.82, 2.24) is 4.98 Å². The molecule has 1 rings (SSSR count). The molecule has 0 amide bonds. The normalized spacial score (nSPS) is 11.7. The van der Waals surface area contributed by atoms with Gasteiger partial charge in [0.15, 0.2) is 0 Å². The molecule has 0 atom stereocenters. The first-order chi connectivity index (χ1) is 6.13. The van der Waals surface area contributed by atoms with Gasteiger partial charge in [-0.05, 0) is 17.7 Å². The minimum Gasteiger partial charge on any atom is -0.255 e. The van der Waals surface area contributed by atoms with Crippen molar-refractivity contribution in [2.24, 2.45) is 0 Å². The molecule has 0 bridgehead atoms. The molecule has 0 saturated heterocycles. The second-order valence-electron chi connectivity index (χ2n) is 2.63. The number of hydrogen-bond acceptors (Lipinski definition) is 1. The fourth-order valence-corrected chi connectivity index (χ4v) is 1.11. The van der Waals surface area contributed by atoms with Gasteiger partial charge in [-0.25, -0.2) is 0 Å². The van der Waals surface area contributed by atoms with Crippen molar-refractivity contribution < 1.29 is 0 Å². The lowest BCUT2D eigenvalue weighted by Gasteiger charge is -1.92. The van der Waals surface area contributed by atoms with Gasteiger partial charge in [0.05, 0.1) is 10.4 Å². The molecule has 0 fully saturated rings. The van der Waals surface area contributed by atoms with E-state index in [-0.39, 0.29) is 0 Å². The smallest absolute Gasteiger partial charge is 0.0631 e. The Labute approximate surface area is 87.0 Å². The first-order valence-electron chi connectivity index (χ1n) is 3.69. The summed E-state index contributed by atoms with van der Waals surface area (Å²) in [5.41, 5.74) is 0.815. The van der Waals surface area contributed by atoms with E-state index in [4.69, 9.17) is 23.2 Å². The third kappa shape index (κ3) is 2.87. The third-order valence-electron chi connectivity index (χ3n) is 1.50. The zero-order chi connectivity index (χ0) is 9.84. The number of alkyl halides is 1. The molecular weight excluding hydrogens is 205 g/mol. The molecule has 0 unspecified atom stereocenters. The van der Waals surface area contributed by atoms with Gasteiger partial charge in [0.2, 0.25) is 0 Å². The summed E-state index contributed by atoms with van der Waals surface area (Å²) in [6.45, 7) is 7.52. The summed E-state index contributed by atoms with van der Waals surface area (Å²) in [4.78, 5) is 4.01. The van der Waals surface area contributed by atoms with E-state index < -0.39 is 0 Å². The number of aromatic nitrogens is 1. The van der Waals surface area contributed by atoms with Crippen LogP contribution >= 0.6 is 23.2 Å². The lowest BCUT2D eigenvalue weighted by Crippen LogP contribution is -2.26. The Kier molecular flexibility index (Phi) is 3.52. The van der Waals surface area contributed by atoms with Crippen molar-refractivity contribution in [3.63, 3.8) is 0 Å². The Hall–Kier alpha value is -0.790. The second-order valence-corrected chi connectivity index (χ2v) is 3.33. The van der Waals surface area contributed by atoms with Crippen LogP contribution in [0.4, 0.5) is 0 Å². The minimum atomic E-state index is 0.395. The second kappa shape index (κ2) is 4.45. The van der Waals surface area contributed by atoms with Gasteiger partial charge >= 0.3 is 0 Å². The van der Waals surface area contributed by atoms with Crippen LogP contribution in [0.2, 0.25) is 5.02 Å². The Morgan fingerprint density at radius 1 is 1.62 bits per heavy atom. The molecule has 0 saturated carbocycles. The monoisotopic (exact) mass is 213 g/mol. The molecule has 3 heteroatoms. The van der Waals surface area contributed by atoms with Crippen LogP contribution in [0.15, 0.2) is 24.4 Å². The van der Waals surface area contributed by atoms with E-state index in [2.05, 4.69) is 18.1 Å². The van der Waals surface area contributed by atoms with E-state index in [0.29, 0.717) is 16.3 Å². The Morgan fingerprint density at radius 3 is 2.92 bits per heavy atom. The number of nitrogens with zero attached hydrogens (tertiary/aromatic N) is 1. The SMILES string of the molecule is C=C(/C=c1/cc(Cl)cnc1=C)CCl. The van der Waals surface area contributed by atoms with Crippen molar-refractivity contribution in [1.29, 1.82) is 0 Å². The maximum Gasteiger partial charge on any atom is 0.0631 e. The molecule has 1 aromatic rings. The van der Waals surface area contributed by atoms with Crippen molar-refractivity contribution >= 4 is 35.9 Å². The Morgan fingerprint density at radius 2 is 2.31 bits per heavy atom. The molecule has 1 nitrogen and oxygen atoms in total. The highest BCUT2D eigenvalue weighted by atomic mass is 35.5. The lowest BCUT2D eigenvalue weighted by molar-refractivity contribution is 1.23. The zero-order valence-corrected chi connectivity index (χ0v) is 8.57. The van der Waals surface area contributed by atoms with Gasteiger partial charge in [0, 0.05) is 17.3 Å². The van der Waals surface area contributed by atoms with Gasteiger partial charge < -0.3 is 0 Å². The van der Waals surface area contributed by atoms with Gasteiger partial charge in [-0.2, -0.15) is 0 Å². The maximum atomic E-state index is 5.77. The predicted molar refractivity (Wildman–Crippen MR) is 58.3 cm³/mol. The topological polar surface area (TPSA) is 12.9 Å². The van der Waals surface area contributed by atoms with Gasteiger partial charge in [-0.3, -0.25) is 4.98 Å². The fraction of sp³-hybridized carbons (Fsp3) is 0.100. The summed E-state index contributed by atoms with van der Waals surface area (Å²) in [5.74, 6) is 0.395. The van der Waals surface area contributed by atoms with E-state index in [1.165, 1.54) is 0 Å². The van der Waals surface area contributed by atoms with Crippen LogP contribution in [-0.2, 0) is 0 Å². The quantitative estimate of drug-likeness (QED) is 0.683. The van der Waals surface area contributed by atoms with Crippen molar-refractivity contribution in [2.75, 3.05) is 5.88 Å². The van der Waals surface area contributed by atoms with Crippen LogP contribution in [0.5, 0.6) is 0 Å². The summed E-state index contributed by atoms with van der Waals surface area (Å²) in [7, 11) is 0. The Balaban J connectivity index is 3.28. The molecule has 0 aliphatic rings. The molecule has 0 aliphatic carbocycles. The van der Waals surface area contributed by atoms with Crippen LogP contribution in [0.3, 0.4) is 0 Å². The third-order valence-corrected chi connectivity index (χ3v) is 2.05. The standard InChI is InChI=1S/C10H9Cl2N/c1-7(5-11)3-9-4-10(12)6-13-8(9)2/h3-4,6H,1-2,5H2/b9-3-. The number of pyridine rings is 1. The molecule has 0 N–H and O–H groups in total. The summed E-state index contributed by atoms with van der Waals surface area (Å²) in [6, 6.07) is 1.79. The number of rotatable bonds is 2. The largest absolute Gasteiger partial charge is 0.255 e. The van der Waals surface area contributed by atoms with Gasteiger partial charge in [-0.15, -0.1) is 11.6 Å². The molecule has 13 heavy (non-hydrogen) atoms. The van der Waals surface area contributed by atoms with Crippen LogP contribution in [-0.4, -0.2) is 10.9 Å². The van der Waals surface area contributed by atoms with E-state index >= 15 is 0 Å². The summed E-state index contributed by atoms with van der Waals surface area (Å²) in [6.07, 6.45) is 3.39. The molecule has 1 heterocycles. The summed E-state index contributed by atoms with van der Waals surface area (Å²) < 4.78 is 0. The van der Waals surface area contributed by atoms with Crippen molar-refractivity contribution in [3.05, 3.63) is 40.0 Å². The zero-order valence-electron chi connectivity index (χ0n) is 7.06. The van der Waals surface area contributed by atoms with Crippen molar-refractivity contribution in [3.8, 4) is 0 Å². The van der Waals surface area contributed by atoms with Crippen molar-refractivity contribution in [2.45, 2.75) is 0 Å². The maximum absolute atomic E-state index is 5.77. The van der Waals surface area contributed by atoms with Crippen LogP contribution in [0.25, 0.3) is 12.7 Å². The molecule has 0 radical (unpaired) electrons. The van der Waals surface area contributed by atoms with E-state index in [1.807, 2.05) is 6.08 Å². The molecular formula is C10H9Cl2N. The highest BCUT2D eigenvalue weighted by Crippen LogP contribution is 1.99. The highest BCUT2D eigenvalue weighted by molar-refractivity contribution is 6.30. The molecule has 1 aromatic heterocycles. The molecule has 68 valence electrons. The molecule has 0 aliphatic heterocycles. The number of hydrogen-bond donors (Lipinski definition) is 0. The molecule has 0 aromatic carbocycles. The average Bonchev–Trinajstić information content (AvgIpc) is 2.11. The first-order valence-corrected chi connectivity index (χ1v) is 4.60. The van der Waals surface area contributed by atoms with E-state index in [9.17, 15) is 0 Å². The fourth-order valence-electron chi connectivity index (χ4n) is 0.867. The van der Waals surface area contributed by atoms with Gasteiger partial charge in [-0.1, -0.05) is 24.8 Å². The van der Waals surface area contributed by atoms with Crippen LogP contribution in [0, 0.1) is 0 Å². The van der Waals surface area contributed by atoms with Crippen LogP contribution in [0.1, 0.15) is 0 Å². The lowest BCUT2D eigenvalue weighted by atomic mass is 10.2. The molecule has 0 spiro atoms. The average molecular weight is 214 g/mol. The van der Waals surface area contributed by atoms with Crippen LogP contribution < -0.4 is 10.6 Å². The number of allylic oxidation sites excluding steroid dienone is 1. The summed E-state index contributed by atoms with van der Waals surface area (Å²) >= 11 is 11.4. The number of halogens is 2. The Bertz CT molecular complexity index is 423. The predicted octanol–water partition coefficient (Wildman–Crippen LogP) is 1.72. The summed E-state index contributed by atoms with van der Waals surface area (Å²) in [5, 5.41) is 2.12. The first kappa shape index (κ1) is 10.3. The van der Waals surface area contributed by atoms with E-state index in [1.54, 1.807) is 12.3 Å². The van der Waals surface area contributed by atoms with Gasteiger partial charge in [0.25, 0.3) is 0 Å². The highest BCUT2D eigenvalue weighted by Gasteiger charge is 1.90. The minimum absolute atomic E-state index is 0.395. The van der Waals surface area contributed by atoms with Gasteiger partial charge in [0.1, 0.15) is 0 Å².